The highest BCUT2D eigenvalue weighted by molar-refractivity contribution is 7.13. The van der Waals surface area contributed by atoms with Crippen LogP contribution < -0.4 is 4.74 Å². The standard InChI is InChI=1S/C15H12N4O2S/c1-2-20-15-16-13-9-10(12-6-4-8-22-12)18-19(13)14(17-15)11-5-3-7-21-11/h3-9H,2H2,1H3. The number of aromatic nitrogens is 4. The summed E-state index contributed by atoms with van der Waals surface area (Å²) in [4.78, 5) is 9.88. The van der Waals surface area contributed by atoms with Gasteiger partial charge in [-0.15, -0.1) is 11.3 Å². The molecule has 4 aromatic heterocycles. The van der Waals surface area contributed by atoms with Crippen molar-refractivity contribution >= 4 is 17.0 Å². The second-order valence-electron chi connectivity index (χ2n) is 4.52. The third-order valence-corrected chi connectivity index (χ3v) is 3.98. The second-order valence-corrected chi connectivity index (χ2v) is 5.46. The summed E-state index contributed by atoms with van der Waals surface area (Å²) in [6.07, 6.45) is 1.60. The predicted octanol–water partition coefficient (Wildman–Crippen LogP) is 3.51. The lowest BCUT2D eigenvalue weighted by Gasteiger charge is -2.04. The zero-order valence-electron chi connectivity index (χ0n) is 11.8. The lowest BCUT2D eigenvalue weighted by atomic mass is 10.3. The Morgan fingerprint density at radius 3 is 2.95 bits per heavy atom. The molecule has 0 saturated carbocycles. The number of fused-ring (bicyclic) bond motifs is 1. The van der Waals surface area contributed by atoms with E-state index in [4.69, 9.17) is 9.15 Å². The van der Waals surface area contributed by atoms with Crippen LogP contribution in [0.5, 0.6) is 6.01 Å². The third-order valence-electron chi connectivity index (χ3n) is 3.09. The summed E-state index contributed by atoms with van der Waals surface area (Å²) in [7, 11) is 0. The van der Waals surface area contributed by atoms with Gasteiger partial charge in [0.15, 0.2) is 11.4 Å². The van der Waals surface area contributed by atoms with Gasteiger partial charge in [-0.05, 0) is 30.5 Å². The van der Waals surface area contributed by atoms with Crippen LogP contribution in [0.2, 0.25) is 0 Å². The van der Waals surface area contributed by atoms with Crippen LogP contribution in [-0.2, 0) is 0 Å². The first-order valence-corrected chi connectivity index (χ1v) is 7.71. The van der Waals surface area contributed by atoms with Crippen LogP contribution in [0.1, 0.15) is 6.92 Å². The largest absolute Gasteiger partial charge is 0.464 e. The molecular weight excluding hydrogens is 300 g/mol. The van der Waals surface area contributed by atoms with E-state index in [0.717, 1.165) is 10.6 Å². The molecule has 0 radical (unpaired) electrons. The van der Waals surface area contributed by atoms with E-state index in [0.29, 0.717) is 29.8 Å². The van der Waals surface area contributed by atoms with Gasteiger partial charge in [-0.3, -0.25) is 0 Å². The van der Waals surface area contributed by atoms with E-state index >= 15 is 0 Å². The highest BCUT2D eigenvalue weighted by Crippen LogP contribution is 2.27. The maximum absolute atomic E-state index is 5.46. The van der Waals surface area contributed by atoms with E-state index in [2.05, 4.69) is 15.1 Å². The zero-order chi connectivity index (χ0) is 14.9. The molecule has 0 atom stereocenters. The van der Waals surface area contributed by atoms with Gasteiger partial charge in [0.05, 0.1) is 17.7 Å². The molecular formula is C15H12N4O2S. The van der Waals surface area contributed by atoms with E-state index in [1.807, 2.05) is 42.6 Å². The van der Waals surface area contributed by atoms with E-state index in [1.165, 1.54) is 0 Å². The fourth-order valence-corrected chi connectivity index (χ4v) is 2.85. The van der Waals surface area contributed by atoms with Gasteiger partial charge in [0.25, 0.3) is 0 Å². The fraction of sp³-hybridized carbons (Fsp3) is 0.133. The SMILES string of the molecule is CCOc1nc(-c2ccco2)n2nc(-c3cccs3)cc2n1. The summed E-state index contributed by atoms with van der Waals surface area (Å²) in [5, 5.41) is 6.62. The molecule has 4 rings (SSSR count). The van der Waals surface area contributed by atoms with Crippen molar-refractivity contribution in [1.82, 2.24) is 19.6 Å². The molecule has 0 aliphatic rings. The molecule has 7 heteroatoms. The van der Waals surface area contributed by atoms with Crippen LogP contribution in [0, 0.1) is 0 Å². The van der Waals surface area contributed by atoms with Gasteiger partial charge in [0.1, 0.15) is 5.69 Å². The van der Waals surface area contributed by atoms with Crippen molar-refractivity contribution in [3.05, 3.63) is 42.0 Å². The van der Waals surface area contributed by atoms with Gasteiger partial charge in [-0.1, -0.05) is 6.07 Å². The summed E-state index contributed by atoms with van der Waals surface area (Å²) >= 11 is 1.63. The molecule has 0 saturated heterocycles. The topological polar surface area (TPSA) is 65.5 Å². The molecule has 4 heterocycles. The Balaban J connectivity index is 1.95. The molecule has 0 aliphatic carbocycles. The number of hydrogen-bond acceptors (Lipinski definition) is 6. The van der Waals surface area contributed by atoms with Crippen LogP contribution in [0.3, 0.4) is 0 Å². The van der Waals surface area contributed by atoms with Crippen molar-refractivity contribution in [1.29, 1.82) is 0 Å². The number of rotatable bonds is 4. The molecule has 4 aromatic rings. The molecule has 0 spiro atoms. The first kappa shape index (κ1) is 13.0. The molecule has 0 bridgehead atoms. The van der Waals surface area contributed by atoms with Crippen molar-refractivity contribution < 1.29 is 9.15 Å². The number of ether oxygens (including phenoxy) is 1. The van der Waals surface area contributed by atoms with Gasteiger partial charge in [-0.25, -0.2) is 0 Å². The Bertz CT molecular complexity index is 897. The Morgan fingerprint density at radius 2 is 2.23 bits per heavy atom. The van der Waals surface area contributed by atoms with Crippen LogP contribution >= 0.6 is 11.3 Å². The molecule has 0 N–H and O–H groups in total. The summed E-state index contributed by atoms with van der Waals surface area (Å²) < 4.78 is 12.6. The average Bonchev–Trinajstić information content (AvgIpc) is 3.26. The van der Waals surface area contributed by atoms with Crippen molar-refractivity contribution in [2.45, 2.75) is 6.92 Å². The zero-order valence-corrected chi connectivity index (χ0v) is 12.6. The van der Waals surface area contributed by atoms with E-state index in [-0.39, 0.29) is 0 Å². The molecule has 0 aromatic carbocycles. The van der Waals surface area contributed by atoms with Gasteiger partial charge in [0, 0.05) is 6.07 Å². The number of hydrogen-bond donors (Lipinski definition) is 0. The lowest BCUT2D eigenvalue weighted by Crippen LogP contribution is -2.04. The highest BCUT2D eigenvalue weighted by atomic mass is 32.1. The molecule has 0 aliphatic heterocycles. The minimum atomic E-state index is 0.319. The minimum Gasteiger partial charge on any atom is -0.464 e. The number of nitrogens with zero attached hydrogens (tertiary/aromatic N) is 4. The van der Waals surface area contributed by atoms with E-state index in [9.17, 15) is 0 Å². The maximum atomic E-state index is 5.46. The molecule has 6 nitrogen and oxygen atoms in total. The van der Waals surface area contributed by atoms with Gasteiger partial charge >= 0.3 is 6.01 Å². The van der Waals surface area contributed by atoms with Crippen molar-refractivity contribution in [3.8, 4) is 28.2 Å². The highest BCUT2D eigenvalue weighted by Gasteiger charge is 2.16. The molecule has 0 fully saturated rings. The van der Waals surface area contributed by atoms with Crippen LogP contribution in [0.4, 0.5) is 0 Å². The number of furan rings is 1. The Kier molecular flexibility index (Phi) is 3.12. The summed E-state index contributed by atoms with van der Waals surface area (Å²) in [6.45, 7) is 2.40. The first-order chi connectivity index (χ1) is 10.8. The van der Waals surface area contributed by atoms with Gasteiger partial charge < -0.3 is 9.15 Å². The summed E-state index contributed by atoms with van der Waals surface area (Å²) in [5.74, 6) is 1.19. The van der Waals surface area contributed by atoms with Gasteiger partial charge in [0.2, 0.25) is 5.82 Å². The summed E-state index contributed by atoms with van der Waals surface area (Å²) in [5.41, 5.74) is 1.53. The van der Waals surface area contributed by atoms with Crippen molar-refractivity contribution in [2.24, 2.45) is 0 Å². The Labute approximate surface area is 130 Å². The minimum absolute atomic E-state index is 0.319. The van der Waals surface area contributed by atoms with E-state index < -0.39 is 0 Å². The van der Waals surface area contributed by atoms with Crippen LogP contribution in [0.25, 0.3) is 27.8 Å². The normalized spacial score (nSPS) is 11.1. The first-order valence-electron chi connectivity index (χ1n) is 6.83. The van der Waals surface area contributed by atoms with E-state index in [1.54, 1.807) is 22.1 Å². The smallest absolute Gasteiger partial charge is 0.320 e. The average molecular weight is 312 g/mol. The van der Waals surface area contributed by atoms with Crippen LogP contribution in [-0.4, -0.2) is 26.2 Å². The van der Waals surface area contributed by atoms with Gasteiger partial charge in [-0.2, -0.15) is 19.6 Å². The Morgan fingerprint density at radius 1 is 1.27 bits per heavy atom. The molecule has 0 unspecified atom stereocenters. The third kappa shape index (κ3) is 2.15. The summed E-state index contributed by atoms with van der Waals surface area (Å²) in [6, 6.07) is 9.91. The predicted molar refractivity (Wildman–Crippen MR) is 83.0 cm³/mol. The van der Waals surface area contributed by atoms with Crippen molar-refractivity contribution in [2.75, 3.05) is 6.61 Å². The van der Waals surface area contributed by atoms with Crippen molar-refractivity contribution in [3.63, 3.8) is 0 Å². The molecule has 0 amide bonds. The quantitative estimate of drug-likeness (QED) is 0.577. The monoisotopic (exact) mass is 312 g/mol. The second kappa shape index (κ2) is 5.27. The van der Waals surface area contributed by atoms with Crippen LogP contribution in [0.15, 0.2) is 46.4 Å². The lowest BCUT2D eigenvalue weighted by molar-refractivity contribution is 0.312. The fourth-order valence-electron chi connectivity index (χ4n) is 2.17. The molecule has 22 heavy (non-hydrogen) atoms. The maximum Gasteiger partial charge on any atom is 0.320 e. The number of thiophene rings is 1. The molecule has 110 valence electrons. The Hall–Kier alpha value is -2.67.